The second-order valence-electron chi connectivity index (χ2n) is 5.22. The zero-order valence-corrected chi connectivity index (χ0v) is 12.3. The van der Waals surface area contributed by atoms with Gasteiger partial charge in [-0.25, -0.2) is 4.79 Å². The van der Waals surface area contributed by atoms with Gasteiger partial charge < -0.3 is 14.7 Å². The summed E-state index contributed by atoms with van der Waals surface area (Å²) in [5.74, 6) is -2.72. The van der Waals surface area contributed by atoms with Crippen molar-refractivity contribution in [2.45, 2.75) is 18.4 Å². The summed E-state index contributed by atoms with van der Waals surface area (Å²) in [6.07, 6.45) is -10.2. The van der Waals surface area contributed by atoms with Crippen molar-refractivity contribution in [3.63, 3.8) is 0 Å². The van der Waals surface area contributed by atoms with E-state index in [4.69, 9.17) is 9.84 Å². The van der Waals surface area contributed by atoms with Crippen LogP contribution >= 0.6 is 0 Å². The van der Waals surface area contributed by atoms with Gasteiger partial charge in [-0.15, -0.1) is 0 Å². The first-order chi connectivity index (χ1) is 11.4. The van der Waals surface area contributed by atoms with Crippen LogP contribution in [0.5, 0.6) is 0 Å². The van der Waals surface area contributed by atoms with Gasteiger partial charge >= 0.3 is 18.3 Å². The van der Waals surface area contributed by atoms with Crippen LogP contribution in [0.4, 0.5) is 26.3 Å². The number of carbonyl (C=O) groups excluding carboxylic acids is 1. The van der Waals surface area contributed by atoms with Gasteiger partial charge in [0.2, 0.25) is 0 Å². The molecule has 25 heavy (non-hydrogen) atoms. The highest BCUT2D eigenvalue weighted by Crippen LogP contribution is 2.36. The third kappa shape index (κ3) is 4.21. The van der Waals surface area contributed by atoms with E-state index in [0.29, 0.717) is 4.90 Å². The Morgan fingerprint density at radius 1 is 1.04 bits per heavy atom. The fraction of sp³-hybridized carbons (Fsp3) is 0.429. The fourth-order valence-electron chi connectivity index (χ4n) is 2.30. The van der Waals surface area contributed by atoms with E-state index in [1.165, 1.54) is 0 Å². The molecule has 1 aromatic rings. The number of aliphatic carboxylic acids is 1. The summed E-state index contributed by atoms with van der Waals surface area (Å²) >= 11 is 0. The van der Waals surface area contributed by atoms with Crippen LogP contribution in [-0.2, 0) is 21.9 Å². The molecule has 1 amide bonds. The first-order valence-corrected chi connectivity index (χ1v) is 6.82. The van der Waals surface area contributed by atoms with Gasteiger partial charge in [0.1, 0.15) is 0 Å². The summed E-state index contributed by atoms with van der Waals surface area (Å²) < 4.78 is 81.9. The number of amides is 1. The van der Waals surface area contributed by atoms with Gasteiger partial charge in [-0.1, -0.05) is 0 Å². The van der Waals surface area contributed by atoms with Crippen molar-refractivity contribution in [1.82, 2.24) is 4.90 Å². The molecule has 1 fully saturated rings. The van der Waals surface area contributed by atoms with E-state index < -0.39 is 53.6 Å². The van der Waals surface area contributed by atoms with Crippen molar-refractivity contribution in [1.29, 1.82) is 0 Å². The van der Waals surface area contributed by atoms with Crippen molar-refractivity contribution < 1.29 is 45.8 Å². The number of carboxylic acids is 1. The molecule has 0 saturated carbocycles. The first-order valence-electron chi connectivity index (χ1n) is 6.82. The van der Waals surface area contributed by atoms with Gasteiger partial charge in [0.15, 0.2) is 6.04 Å². The Kier molecular flexibility index (Phi) is 4.98. The molecule has 1 saturated heterocycles. The molecule has 1 atom stereocenters. The maximum absolute atomic E-state index is 12.8. The Morgan fingerprint density at radius 3 is 2.00 bits per heavy atom. The zero-order chi connectivity index (χ0) is 19.0. The van der Waals surface area contributed by atoms with E-state index in [9.17, 15) is 35.9 Å². The molecule has 2 rings (SSSR count). The number of hydrogen-bond acceptors (Lipinski definition) is 3. The largest absolute Gasteiger partial charge is 0.480 e. The van der Waals surface area contributed by atoms with Crippen LogP contribution in [0, 0.1) is 0 Å². The van der Waals surface area contributed by atoms with Gasteiger partial charge in [-0.2, -0.15) is 26.3 Å². The number of rotatable bonds is 2. The van der Waals surface area contributed by atoms with Crippen LogP contribution in [0.15, 0.2) is 18.2 Å². The monoisotopic (exact) mass is 371 g/mol. The SMILES string of the molecule is O=C(O)[C@H]1COCCN1C(=O)c1cc(C(F)(F)F)cc(C(F)(F)F)c1. The molecule has 0 spiro atoms. The summed E-state index contributed by atoms with van der Waals surface area (Å²) in [6, 6.07) is -1.06. The first kappa shape index (κ1) is 19.0. The smallest absolute Gasteiger partial charge is 0.416 e. The Hall–Kier alpha value is -2.30. The van der Waals surface area contributed by atoms with Crippen molar-refractivity contribution >= 4 is 11.9 Å². The van der Waals surface area contributed by atoms with Gasteiger partial charge in [0.25, 0.3) is 5.91 Å². The minimum atomic E-state index is -5.10. The van der Waals surface area contributed by atoms with Crippen LogP contribution < -0.4 is 0 Å². The van der Waals surface area contributed by atoms with Crippen LogP contribution in [-0.4, -0.2) is 47.7 Å². The molecule has 1 heterocycles. The van der Waals surface area contributed by atoms with Crippen LogP contribution in [0.2, 0.25) is 0 Å². The summed E-state index contributed by atoms with van der Waals surface area (Å²) in [6.45, 7) is -0.764. The van der Waals surface area contributed by atoms with Crippen molar-refractivity contribution in [2.75, 3.05) is 19.8 Å². The van der Waals surface area contributed by atoms with Crippen LogP contribution in [0.3, 0.4) is 0 Å². The molecular weight excluding hydrogens is 360 g/mol. The van der Waals surface area contributed by atoms with Crippen LogP contribution in [0.25, 0.3) is 0 Å². The lowest BCUT2D eigenvalue weighted by Gasteiger charge is -2.33. The van der Waals surface area contributed by atoms with Gasteiger partial charge in [0.05, 0.1) is 24.3 Å². The Morgan fingerprint density at radius 2 is 1.56 bits per heavy atom. The second kappa shape index (κ2) is 6.54. The maximum atomic E-state index is 12.8. The number of halogens is 6. The molecule has 5 nitrogen and oxygen atoms in total. The third-order valence-corrected chi connectivity index (χ3v) is 3.51. The van der Waals surface area contributed by atoms with E-state index >= 15 is 0 Å². The standard InChI is InChI=1S/C14H11F6NO4/c15-13(16,17)8-3-7(4-9(5-8)14(18,19)20)11(22)21-1-2-25-6-10(21)12(23)24/h3-5,10H,1-2,6H2,(H,23,24)/t10-/m1/s1. The molecule has 138 valence electrons. The highest BCUT2D eigenvalue weighted by molar-refractivity contribution is 5.97. The molecule has 1 aliphatic rings. The number of carbonyl (C=O) groups is 2. The highest BCUT2D eigenvalue weighted by Gasteiger charge is 2.39. The number of carboxylic acid groups (broad SMARTS) is 1. The number of ether oxygens (including phenoxy) is 1. The summed E-state index contributed by atoms with van der Waals surface area (Å²) in [4.78, 5) is 24.1. The average Bonchev–Trinajstić information content (AvgIpc) is 2.52. The zero-order valence-electron chi connectivity index (χ0n) is 12.3. The number of alkyl halides is 6. The molecule has 0 radical (unpaired) electrons. The third-order valence-electron chi connectivity index (χ3n) is 3.51. The predicted octanol–water partition coefficient (Wildman–Crippen LogP) is 2.65. The van der Waals surface area contributed by atoms with E-state index in [1.54, 1.807) is 0 Å². The molecule has 0 aromatic heterocycles. The summed E-state index contributed by atoms with van der Waals surface area (Å²) in [5, 5.41) is 9.04. The lowest BCUT2D eigenvalue weighted by atomic mass is 10.0. The molecule has 11 heteroatoms. The number of morpholine rings is 1. The average molecular weight is 371 g/mol. The minimum Gasteiger partial charge on any atom is -0.480 e. The number of benzene rings is 1. The Balaban J connectivity index is 2.49. The van der Waals surface area contributed by atoms with E-state index in [1.807, 2.05) is 0 Å². The lowest BCUT2D eigenvalue weighted by molar-refractivity contribution is -0.148. The summed E-state index contributed by atoms with van der Waals surface area (Å²) in [7, 11) is 0. The van der Waals surface area contributed by atoms with Crippen molar-refractivity contribution in [3.8, 4) is 0 Å². The number of nitrogens with zero attached hydrogens (tertiary/aromatic N) is 1. The lowest BCUT2D eigenvalue weighted by Crippen LogP contribution is -2.52. The van der Waals surface area contributed by atoms with Gasteiger partial charge in [-0.05, 0) is 18.2 Å². The van der Waals surface area contributed by atoms with Crippen molar-refractivity contribution in [3.05, 3.63) is 34.9 Å². The molecular formula is C14H11F6NO4. The predicted molar refractivity (Wildman–Crippen MR) is 69.7 cm³/mol. The topological polar surface area (TPSA) is 66.8 Å². The summed E-state index contributed by atoms with van der Waals surface area (Å²) in [5.41, 5.74) is -4.19. The molecule has 1 N–H and O–H groups in total. The normalized spacial score (nSPS) is 19.0. The van der Waals surface area contributed by atoms with Gasteiger partial charge in [0, 0.05) is 12.1 Å². The fourth-order valence-corrected chi connectivity index (χ4v) is 2.30. The minimum absolute atomic E-state index is 0.0827. The van der Waals surface area contributed by atoms with E-state index in [0.717, 1.165) is 0 Å². The second-order valence-corrected chi connectivity index (χ2v) is 5.22. The molecule has 0 bridgehead atoms. The molecule has 1 aliphatic heterocycles. The molecule has 0 aliphatic carbocycles. The molecule has 0 unspecified atom stereocenters. The molecule has 1 aromatic carbocycles. The van der Waals surface area contributed by atoms with Crippen molar-refractivity contribution in [2.24, 2.45) is 0 Å². The number of hydrogen-bond donors (Lipinski definition) is 1. The van der Waals surface area contributed by atoms with E-state index in [-0.39, 0.29) is 31.4 Å². The Bertz CT molecular complexity index is 653. The highest BCUT2D eigenvalue weighted by atomic mass is 19.4. The Labute approximate surface area is 136 Å². The van der Waals surface area contributed by atoms with Crippen LogP contribution in [0.1, 0.15) is 21.5 Å². The van der Waals surface area contributed by atoms with Gasteiger partial charge in [-0.3, -0.25) is 4.79 Å². The maximum Gasteiger partial charge on any atom is 0.416 e. The van der Waals surface area contributed by atoms with E-state index in [2.05, 4.69) is 0 Å². The quantitative estimate of drug-likeness (QED) is 0.812.